The maximum absolute atomic E-state index is 12.6. The first-order chi connectivity index (χ1) is 7.00. The molecule has 0 aromatic heterocycles. The van der Waals surface area contributed by atoms with Crippen molar-refractivity contribution in [2.45, 2.75) is 13.3 Å². The van der Waals surface area contributed by atoms with Crippen molar-refractivity contribution < 1.29 is 14.0 Å². The number of carbonyl (C=O) groups is 2. The Kier molecular flexibility index (Phi) is 4.03. The van der Waals surface area contributed by atoms with Crippen molar-refractivity contribution in [2.24, 2.45) is 5.92 Å². The van der Waals surface area contributed by atoms with Gasteiger partial charge in [0.1, 0.15) is 11.6 Å². The molecule has 80 valence electrons. The second-order valence-corrected chi connectivity index (χ2v) is 3.77. The molecular formula is C11H11FO2S. The third-order valence-corrected chi connectivity index (χ3v) is 2.45. The van der Waals surface area contributed by atoms with Crippen molar-refractivity contribution >= 4 is 23.5 Å². The Bertz CT molecular complexity index is 359. The van der Waals surface area contributed by atoms with Crippen molar-refractivity contribution in [3.8, 4) is 0 Å². The molecule has 4 heteroatoms. The molecule has 15 heavy (non-hydrogen) atoms. The highest BCUT2D eigenvalue weighted by Crippen LogP contribution is 2.13. The average Bonchev–Trinajstić information content (AvgIpc) is 2.15. The fraction of sp³-hybridized carbons (Fsp3) is 0.273. The van der Waals surface area contributed by atoms with E-state index in [4.69, 9.17) is 0 Å². The smallest absolute Gasteiger partial charge is 0.196 e. The highest BCUT2D eigenvalue weighted by atomic mass is 32.1. The molecule has 0 spiro atoms. The second kappa shape index (κ2) is 5.07. The summed E-state index contributed by atoms with van der Waals surface area (Å²) in [6.07, 6.45) is 0.276. The Hall–Kier alpha value is -1.16. The van der Waals surface area contributed by atoms with E-state index in [2.05, 4.69) is 12.6 Å². The van der Waals surface area contributed by atoms with Crippen LogP contribution in [0.2, 0.25) is 0 Å². The predicted octanol–water partition coefficient (Wildman–Crippen LogP) is 2.03. The van der Waals surface area contributed by atoms with Crippen molar-refractivity contribution in [1.29, 1.82) is 0 Å². The van der Waals surface area contributed by atoms with Gasteiger partial charge in [0.2, 0.25) is 0 Å². The van der Waals surface area contributed by atoms with E-state index < -0.39 is 11.0 Å². The molecule has 0 aliphatic heterocycles. The number of rotatable bonds is 4. The van der Waals surface area contributed by atoms with E-state index in [-0.39, 0.29) is 18.0 Å². The zero-order valence-corrected chi connectivity index (χ0v) is 9.13. The summed E-state index contributed by atoms with van der Waals surface area (Å²) in [5.74, 6) is -1.30. The van der Waals surface area contributed by atoms with Crippen molar-refractivity contribution in [1.82, 2.24) is 0 Å². The lowest BCUT2D eigenvalue weighted by molar-refractivity contribution is -0.126. The molecule has 0 amide bonds. The van der Waals surface area contributed by atoms with E-state index in [1.165, 1.54) is 19.1 Å². The van der Waals surface area contributed by atoms with Gasteiger partial charge in [-0.05, 0) is 31.0 Å². The quantitative estimate of drug-likeness (QED) is 0.629. The van der Waals surface area contributed by atoms with Crippen LogP contribution < -0.4 is 0 Å². The number of hydrogen-bond donors (Lipinski definition) is 1. The summed E-state index contributed by atoms with van der Waals surface area (Å²) in [5.41, 5.74) is 0.749. The highest BCUT2D eigenvalue weighted by Gasteiger charge is 2.20. The lowest BCUT2D eigenvalue weighted by atomic mass is 9.97. The Morgan fingerprint density at radius 3 is 2.27 bits per heavy atom. The van der Waals surface area contributed by atoms with Gasteiger partial charge < -0.3 is 0 Å². The van der Waals surface area contributed by atoms with Crippen molar-refractivity contribution in [3.63, 3.8) is 0 Å². The molecule has 1 atom stereocenters. The molecule has 0 radical (unpaired) electrons. The Balaban J connectivity index is 2.79. The van der Waals surface area contributed by atoms with Crippen LogP contribution >= 0.6 is 12.6 Å². The average molecular weight is 226 g/mol. The SMILES string of the molecule is CC(=O)C(Cc1ccc(F)cc1)C(=O)S. The molecule has 1 aromatic rings. The molecular weight excluding hydrogens is 215 g/mol. The molecule has 1 aromatic carbocycles. The third-order valence-electron chi connectivity index (χ3n) is 2.14. The number of ketones is 1. The summed E-state index contributed by atoms with van der Waals surface area (Å²) in [6.45, 7) is 1.35. The largest absolute Gasteiger partial charge is 0.299 e. The van der Waals surface area contributed by atoms with Crippen LogP contribution in [0, 0.1) is 11.7 Å². The Labute approximate surface area is 92.9 Å². The number of carbonyl (C=O) groups excluding carboxylic acids is 2. The molecule has 0 saturated carbocycles. The van der Waals surface area contributed by atoms with E-state index in [0.717, 1.165) is 5.56 Å². The van der Waals surface area contributed by atoms with E-state index in [1.807, 2.05) is 0 Å². The first-order valence-corrected chi connectivity index (χ1v) is 4.93. The summed E-state index contributed by atoms with van der Waals surface area (Å²) >= 11 is 3.65. The Morgan fingerprint density at radius 2 is 1.87 bits per heavy atom. The van der Waals surface area contributed by atoms with Gasteiger partial charge in [-0.25, -0.2) is 4.39 Å². The van der Waals surface area contributed by atoms with Gasteiger partial charge in [0.25, 0.3) is 0 Å². The number of benzene rings is 1. The molecule has 0 saturated heterocycles. The Morgan fingerprint density at radius 1 is 1.33 bits per heavy atom. The van der Waals surface area contributed by atoms with Crippen LogP contribution in [-0.2, 0) is 16.0 Å². The van der Waals surface area contributed by atoms with Crippen LogP contribution in [0.4, 0.5) is 4.39 Å². The zero-order valence-electron chi connectivity index (χ0n) is 8.24. The molecule has 0 fully saturated rings. The van der Waals surface area contributed by atoms with Gasteiger partial charge in [-0.3, -0.25) is 9.59 Å². The van der Waals surface area contributed by atoms with E-state index >= 15 is 0 Å². The van der Waals surface area contributed by atoms with Crippen molar-refractivity contribution in [2.75, 3.05) is 0 Å². The maximum atomic E-state index is 12.6. The maximum Gasteiger partial charge on any atom is 0.196 e. The summed E-state index contributed by atoms with van der Waals surface area (Å²) in [5, 5.41) is -0.452. The second-order valence-electron chi connectivity index (χ2n) is 3.33. The van der Waals surface area contributed by atoms with Crippen molar-refractivity contribution in [3.05, 3.63) is 35.6 Å². The molecule has 0 aliphatic rings. The van der Waals surface area contributed by atoms with Gasteiger partial charge in [0.15, 0.2) is 5.12 Å². The normalized spacial score (nSPS) is 12.2. The van der Waals surface area contributed by atoms with Gasteiger partial charge in [-0.1, -0.05) is 12.1 Å². The minimum absolute atomic E-state index is 0.223. The molecule has 1 rings (SSSR count). The molecule has 1 unspecified atom stereocenters. The van der Waals surface area contributed by atoms with Crippen LogP contribution in [0.15, 0.2) is 24.3 Å². The van der Waals surface area contributed by atoms with Crippen LogP contribution in [0.5, 0.6) is 0 Å². The minimum atomic E-state index is -0.737. The molecule has 0 N–H and O–H groups in total. The van der Waals surface area contributed by atoms with Crippen LogP contribution in [0.25, 0.3) is 0 Å². The number of thiol groups is 1. The van der Waals surface area contributed by atoms with Crippen LogP contribution in [-0.4, -0.2) is 10.9 Å². The first kappa shape index (κ1) is 11.9. The van der Waals surface area contributed by atoms with Gasteiger partial charge in [-0.2, -0.15) is 0 Å². The van der Waals surface area contributed by atoms with Gasteiger partial charge >= 0.3 is 0 Å². The predicted molar refractivity (Wildman–Crippen MR) is 58.3 cm³/mol. The number of hydrogen-bond acceptors (Lipinski definition) is 2. The lowest BCUT2D eigenvalue weighted by Gasteiger charge is -2.08. The standard InChI is InChI=1S/C11H11FO2S/c1-7(13)10(11(14)15)6-8-2-4-9(12)5-3-8/h2-5,10H,6H2,1H3,(H,14,15). The number of Topliss-reactive ketones (excluding diaryl/α,β-unsaturated/α-hetero) is 1. The molecule has 2 nitrogen and oxygen atoms in total. The van der Waals surface area contributed by atoms with E-state index in [1.54, 1.807) is 12.1 Å². The summed E-state index contributed by atoms with van der Waals surface area (Å²) in [6, 6.07) is 5.72. The lowest BCUT2D eigenvalue weighted by Crippen LogP contribution is -2.20. The number of halogens is 1. The van der Waals surface area contributed by atoms with Crippen LogP contribution in [0.1, 0.15) is 12.5 Å². The zero-order chi connectivity index (χ0) is 11.4. The third kappa shape index (κ3) is 3.47. The minimum Gasteiger partial charge on any atom is -0.299 e. The monoisotopic (exact) mass is 226 g/mol. The summed E-state index contributed by atoms with van der Waals surface area (Å²) in [4.78, 5) is 22.1. The molecule has 0 bridgehead atoms. The van der Waals surface area contributed by atoms with Crippen LogP contribution in [0.3, 0.4) is 0 Å². The first-order valence-electron chi connectivity index (χ1n) is 4.48. The highest BCUT2D eigenvalue weighted by molar-refractivity contribution is 7.96. The van der Waals surface area contributed by atoms with E-state index in [0.29, 0.717) is 0 Å². The van der Waals surface area contributed by atoms with E-state index in [9.17, 15) is 14.0 Å². The van der Waals surface area contributed by atoms with Gasteiger partial charge in [0.05, 0.1) is 5.92 Å². The van der Waals surface area contributed by atoms with Gasteiger partial charge in [0, 0.05) is 0 Å². The summed E-state index contributed by atoms with van der Waals surface area (Å²) < 4.78 is 12.6. The molecule has 0 aliphatic carbocycles. The van der Waals surface area contributed by atoms with Gasteiger partial charge in [-0.15, -0.1) is 12.6 Å². The fourth-order valence-electron chi connectivity index (χ4n) is 1.26. The molecule has 0 heterocycles. The topological polar surface area (TPSA) is 34.1 Å². The summed E-state index contributed by atoms with van der Waals surface area (Å²) in [7, 11) is 0. The fourth-order valence-corrected chi connectivity index (χ4v) is 1.53.